The van der Waals surface area contributed by atoms with Gasteiger partial charge in [-0.25, -0.2) is 0 Å². The van der Waals surface area contributed by atoms with Gasteiger partial charge >= 0.3 is 0 Å². The maximum atomic E-state index is 6.10. The Bertz CT molecular complexity index is 399. The van der Waals surface area contributed by atoms with Gasteiger partial charge in [-0.2, -0.15) is 0 Å². The van der Waals surface area contributed by atoms with Gasteiger partial charge in [0.25, 0.3) is 0 Å². The van der Waals surface area contributed by atoms with Crippen molar-refractivity contribution in [3.05, 3.63) is 22.7 Å². The summed E-state index contributed by atoms with van der Waals surface area (Å²) in [5.74, 6) is 1.45. The van der Waals surface area contributed by atoms with Gasteiger partial charge < -0.3 is 19.5 Å². The number of hydrogen-bond acceptors (Lipinski definition) is 4. The zero-order valence-corrected chi connectivity index (χ0v) is 13.3. The van der Waals surface area contributed by atoms with Crippen molar-refractivity contribution in [3.63, 3.8) is 0 Å². The smallest absolute Gasteiger partial charge is 0.165 e. The number of halogens is 1. The summed E-state index contributed by atoms with van der Waals surface area (Å²) in [5.41, 5.74) is 1.02. The van der Waals surface area contributed by atoms with Crippen molar-refractivity contribution < 1.29 is 14.2 Å². The van der Waals surface area contributed by atoms with E-state index < -0.39 is 0 Å². The highest BCUT2D eigenvalue weighted by Crippen LogP contribution is 2.34. The van der Waals surface area contributed by atoms with Crippen LogP contribution in [0.5, 0.6) is 11.5 Å². The van der Waals surface area contributed by atoms with Crippen molar-refractivity contribution in [1.82, 2.24) is 5.32 Å². The number of benzene rings is 1. The van der Waals surface area contributed by atoms with E-state index >= 15 is 0 Å². The Kier molecular flexibility index (Phi) is 8.42. The normalized spacial score (nSPS) is 10.6. The maximum Gasteiger partial charge on any atom is 0.165 e. The average Bonchev–Trinajstić information content (AvgIpc) is 2.45. The molecule has 0 saturated carbocycles. The number of hydrogen-bond donors (Lipinski definition) is 1. The van der Waals surface area contributed by atoms with E-state index in [1.165, 1.54) is 0 Å². The average molecular weight is 302 g/mol. The first-order valence-corrected chi connectivity index (χ1v) is 7.29. The van der Waals surface area contributed by atoms with Crippen LogP contribution in [0.4, 0.5) is 0 Å². The first-order valence-electron chi connectivity index (χ1n) is 6.91. The van der Waals surface area contributed by atoms with Crippen LogP contribution >= 0.6 is 11.6 Å². The fourth-order valence-electron chi connectivity index (χ4n) is 1.85. The lowest BCUT2D eigenvalue weighted by molar-refractivity contribution is 0.183. The molecule has 0 radical (unpaired) electrons. The van der Waals surface area contributed by atoms with E-state index in [2.05, 4.69) is 12.2 Å². The molecule has 1 aromatic rings. The second-order valence-corrected chi connectivity index (χ2v) is 4.86. The van der Waals surface area contributed by atoms with Crippen LogP contribution in [-0.2, 0) is 11.3 Å². The predicted molar refractivity (Wildman–Crippen MR) is 82.0 cm³/mol. The molecule has 0 bridgehead atoms. The second-order valence-electron chi connectivity index (χ2n) is 4.42. The minimum absolute atomic E-state index is 0.639. The van der Waals surface area contributed by atoms with Crippen LogP contribution in [0.15, 0.2) is 12.1 Å². The summed E-state index contributed by atoms with van der Waals surface area (Å²) in [4.78, 5) is 0. The van der Waals surface area contributed by atoms with E-state index in [9.17, 15) is 0 Å². The van der Waals surface area contributed by atoms with Crippen LogP contribution in [0.3, 0.4) is 0 Å². The van der Waals surface area contributed by atoms with Crippen molar-refractivity contribution in [2.24, 2.45) is 0 Å². The van der Waals surface area contributed by atoms with Crippen LogP contribution in [0, 0.1) is 0 Å². The Labute approximate surface area is 126 Å². The first kappa shape index (κ1) is 17.1. The molecule has 0 atom stereocenters. The number of unbranched alkanes of at least 4 members (excludes halogenated alkanes) is 1. The van der Waals surface area contributed by atoms with E-state index in [-0.39, 0.29) is 0 Å². The molecule has 0 aromatic heterocycles. The number of nitrogens with one attached hydrogen (secondary N) is 1. The Morgan fingerprint density at radius 3 is 2.55 bits per heavy atom. The Balaban J connectivity index is 2.73. The standard InChI is InChI=1S/C15H24ClNO3/c1-4-17-11-12-9-13(16)10-14(19-3)15(12)20-8-6-5-7-18-2/h9-10,17H,4-8,11H2,1-3H3. The summed E-state index contributed by atoms with van der Waals surface area (Å²) in [6.45, 7) is 5.06. The van der Waals surface area contributed by atoms with Crippen LogP contribution in [0.25, 0.3) is 0 Å². The third-order valence-corrected chi connectivity index (χ3v) is 3.09. The molecule has 5 heteroatoms. The fourth-order valence-corrected chi connectivity index (χ4v) is 2.08. The molecule has 20 heavy (non-hydrogen) atoms. The lowest BCUT2D eigenvalue weighted by atomic mass is 10.1. The minimum Gasteiger partial charge on any atom is -0.493 e. The molecule has 1 rings (SSSR count). The van der Waals surface area contributed by atoms with Gasteiger partial charge in [0.15, 0.2) is 11.5 Å². The predicted octanol–water partition coefficient (Wildman–Crippen LogP) is 3.26. The number of rotatable bonds is 10. The fraction of sp³-hybridized carbons (Fsp3) is 0.600. The monoisotopic (exact) mass is 301 g/mol. The first-order chi connectivity index (χ1) is 9.72. The van der Waals surface area contributed by atoms with Crippen LogP contribution in [-0.4, -0.2) is 34.0 Å². The van der Waals surface area contributed by atoms with Gasteiger partial charge in [0, 0.05) is 36.9 Å². The molecule has 0 unspecified atom stereocenters. The molecule has 0 aliphatic rings. The lowest BCUT2D eigenvalue weighted by Gasteiger charge is -2.16. The summed E-state index contributed by atoms with van der Waals surface area (Å²) in [6, 6.07) is 3.69. The molecule has 0 saturated heterocycles. The molecular formula is C15H24ClNO3. The van der Waals surface area contributed by atoms with E-state index in [0.717, 1.165) is 37.3 Å². The maximum absolute atomic E-state index is 6.10. The van der Waals surface area contributed by atoms with Gasteiger partial charge in [0.1, 0.15) is 0 Å². The van der Waals surface area contributed by atoms with Crippen LogP contribution < -0.4 is 14.8 Å². The Morgan fingerprint density at radius 1 is 1.15 bits per heavy atom. The largest absolute Gasteiger partial charge is 0.493 e. The van der Waals surface area contributed by atoms with Crippen molar-refractivity contribution in [3.8, 4) is 11.5 Å². The van der Waals surface area contributed by atoms with Gasteiger partial charge in [-0.15, -0.1) is 0 Å². The quantitative estimate of drug-likeness (QED) is 0.673. The molecule has 0 amide bonds. The molecule has 0 heterocycles. The molecule has 0 aliphatic heterocycles. The van der Waals surface area contributed by atoms with Crippen molar-refractivity contribution in [2.75, 3.05) is 34.0 Å². The molecule has 0 fully saturated rings. The SMILES string of the molecule is CCNCc1cc(Cl)cc(OC)c1OCCCCOC. The van der Waals surface area contributed by atoms with Gasteiger partial charge in [0.2, 0.25) is 0 Å². The van der Waals surface area contributed by atoms with E-state index in [4.69, 9.17) is 25.8 Å². The van der Waals surface area contributed by atoms with E-state index in [0.29, 0.717) is 23.9 Å². The molecular weight excluding hydrogens is 278 g/mol. The summed E-state index contributed by atoms with van der Waals surface area (Å²) in [6.07, 6.45) is 1.93. The van der Waals surface area contributed by atoms with Gasteiger partial charge in [-0.1, -0.05) is 18.5 Å². The van der Waals surface area contributed by atoms with E-state index in [1.807, 2.05) is 6.07 Å². The second kappa shape index (κ2) is 9.86. The Hall–Kier alpha value is -0.970. The molecule has 1 N–H and O–H groups in total. The highest BCUT2D eigenvalue weighted by molar-refractivity contribution is 6.30. The number of ether oxygens (including phenoxy) is 3. The third kappa shape index (κ3) is 5.57. The van der Waals surface area contributed by atoms with E-state index in [1.54, 1.807) is 20.3 Å². The zero-order valence-electron chi connectivity index (χ0n) is 12.5. The summed E-state index contributed by atoms with van der Waals surface area (Å²) >= 11 is 6.10. The minimum atomic E-state index is 0.639. The van der Waals surface area contributed by atoms with Crippen LogP contribution in [0.2, 0.25) is 5.02 Å². The lowest BCUT2D eigenvalue weighted by Crippen LogP contribution is -2.13. The summed E-state index contributed by atoms with van der Waals surface area (Å²) in [7, 11) is 3.33. The molecule has 1 aromatic carbocycles. The summed E-state index contributed by atoms with van der Waals surface area (Å²) < 4.78 is 16.3. The highest BCUT2D eigenvalue weighted by Gasteiger charge is 2.12. The Morgan fingerprint density at radius 2 is 1.90 bits per heavy atom. The van der Waals surface area contributed by atoms with Crippen molar-refractivity contribution >= 4 is 11.6 Å². The molecule has 0 spiro atoms. The highest BCUT2D eigenvalue weighted by atomic mass is 35.5. The van der Waals surface area contributed by atoms with Gasteiger partial charge in [-0.05, 0) is 25.5 Å². The third-order valence-electron chi connectivity index (χ3n) is 2.87. The van der Waals surface area contributed by atoms with Gasteiger partial charge in [0.05, 0.1) is 13.7 Å². The van der Waals surface area contributed by atoms with Crippen molar-refractivity contribution in [1.29, 1.82) is 0 Å². The van der Waals surface area contributed by atoms with Gasteiger partial charge in [-0.3, -0.25) is 0 Å². The summed E-state index contributed by atoms with van der Waals surface area (Å²) in [5, 5.41) is 3.93. The van der Waals surface area contributed by atoms with Crippen molar-refractivity contribution in [2.45, 2.75) is 26.3 Å². The zero-order chi connectivity index (χ0) is 14.8. The topological polar surface area (TPSA) is 39.7 Å². The number of methoxy groups -OCH3 is 2. The molecule has 114 valence electrons. The molecule has 0 aliphatic carbocycles. The molecule has 4 nitrogen and oxygen atoms in total. The van der Waals surface area contributed by atoms with Crippen LogP contribution in [0.1, 0.15) is 25.3 Å².